The van der Waals surface area contributed by atoms with Gasteiger partial charge >= 0.3 is 0 Å². The monoisotopic (exact) mass is 267 g/mol. The highest BCUT2D eigenvalue weighted by molar-refractivity contribution is 5.76. The van der Waals surface area contributed by atoms with Crippen molar-refractivity contribution in [1.29, 1.82) is 0 Å². The molecule has 2 aliphatic rings. The van der Waals surface area contributed by atoms with E-state index in [-0.39, 0.29) is 5.91 Å². The summed E-state index contributed by atoms with van der Waals surface area (Å²) in [5, 5.41) is 6.60. The highest BCUT2D eigenvalue weighted by atomic mass is 16.1. The largest absolute Gasteiger partial charge is 0.353 e. The first kappa shape index (κ1) is 14.8. The van der Waals surface area contributed by atoms with E-state index in [2.05, 4.69) is 29.4 Å². The molecule has 19 heavy (non-hydrogen) atoms. The van der Waals surface area contributed by atoms with Gasteiger partial charge in [0.15, 0.2) is 0 Å². The van der Waals surface area contributed by atoms with Gasteiger partial charge in [-0.2, -0.15) is 0 Å². The predicted molar refractivity (Wildman–Crippen MR) is 78.1 cm³/mol. The Morgan fingerprint density at radius 3 is 2.63 bits per heavy atom. The topological polar surface area (TPSA) is 44.4 Å². The van der Waals surface area contributed by atoms with E-state index < -0.39 is 0 Å². The SMILES string of the molecule is CC(C)N1CCCC(NCCC(=O)NC2CC2)CC1. The van der Waals surface area contributed by atoms with Crippen LogP contribution in [0.25, 0.3) is 0 Å². The molecule has 0 radical (unpaired) electrons. The van der Waals surface area contributed by atoms with Gasteiger partial charge in [0.05, 0.1) is 0 Å². The molecule has 1 aliphatic heterocycles. The zero-order chi connectivity index (χ0) is 13.7. The maximum Gasteiger partial charge on any atom is 0.221 e. The molecule has 2 fully saturated rings. The van der Waals surface area contributed by atoms with E-state index in [0.29, 0.717) is 24.5 Å². The van der Waals surface area contributed by atoms with E-state index in [1.165, 1.54) is 45.2 Å². The van der Waals surface area contributed by atoms with Gasteiger partial charge in [0, 0.05) is 31.1 Å². The van der Waals surface area contributed by atoms with Crippen molar-refractivity contribution in [3.8, 4) is 0 Å². The van der Waals surface area contributed by atoms with Crippen LogP contribution in [0.2, 0.25) is 0 Å². The Hall–Kier alpha value is -0.610. The van der Waals surface area contributed by atoms with Gasteiger partial charge in [-0.05, 0) is 59.0 Å². The third kappa shape index (κ3) is 5.49. The fraction of sp³-hybridized carbons (Fsp3) is 0.933. The summed E-state index contributed by atoms with van der Waals surface area (Å²) in [7, 11) is 0. The molecule has 0 aromatic heterocycles. The van der Waals surface area contributed by atoms with Crippen LogP contribution in [0.1, 0.15) is 52.4 Å². The van der Waals surface area contributed by atoms with Crippen LogP contribution in [0.3, 0.4) is 0 Å². The van der Waals surface area contributed by atoms with Crippen LogP contribution < -0.4 is 10.6 Å². The van der Waals surface area contributed by atoms with Crippen molar-refractivity contribution in [2.24, 2.45) is 0 Å². The molecule has 4 heteroatoms. The van der Waals surface area contributed by atoms with Crippen LogP contribution in [-0.2, 0) is 4.79 Å². The third-order valence-corrected chi connectivity index (χ3v) is 4.22. The van der Waals surface area contributed by atoms with Crippen molar-refractivity contribution in [3.63, 3.8) is 0 Å². The smallest absolute Gasteiger partial charge is 0.221 e. The Bertz CT molecular complexity index is 289. The minimum absolute atomic E-state index is 0.215. The summed E-state index contributed by atoms with van der Waals surface area (Å²) in [5.74, 6) is 0.215. The minimum atomic E-state index is 0.215. The molecule has 4 nitrogen and oxygen atoms in total. The summed E-state index contributed by atoms with van der Waals surface area (Å²) in [6.07, 6.45) is 6.70. The molecule has 1 saturated carbocycles. The summed E-state index contributed by atoms with van der Waals surface area (Å²) >= 11 is 0. The van der Waals surface area contributed by atoms with Gasteiger partial charge in [0.25, 0.3) is 0 Å². The molecule has 1 amide bonds. The average Bonchev–Trinajstić information content (AvgIpc) is 3.16. The van der Waals surface area contributed by atoms with E-state index >= 15 is 0 Å². The Kier molecular flexibility index (Phi) is 5.64. The second-order valence-electron chi connectivity index (χ2n) is 6.30. The summed E-state index contributed by atoms with van der Waals surface area (Å²) in [6.45, 7) is 7.78. The van der Waals surface area contributed by atoms with Gasteiger partial charge in [-0.1, -0.05) is 0 Å². The Balaban J connectivity index is 1.58. The zero-order valence-electron chi connectivity index (χ0n) is 12.5. The van der Waals surface area contributed by atoms with Crippen LogP contribution in [-0.4, -0.2) is 48.6 Å². The zero-order valence-corrected chi connectivity index (χ0v) is 12.5. The molecule has 1 heterocycles. The van der Waals surface area contributed by atoms with Crippen molar-refractivity contribution < 1.29 is 4.79 Å². The van der Waals surface area contributed by atoms with Crippen molar-refractivity contribution in [1.82, 2.24) is 15.5 Å². The highest BCUT2D eigenvalue weighted by Crippen LogP contribution is 2.18. The molecular weight excluding hydrogens is 238 g/mol. The molecule has 1 unspecified atom stereocenters. The second-order valence-corrected chi connectivity index (χ2v) is 6.30. The summed E-state index contributed by atoms with van der Waals surface area (Å²) in [4.78, 5) is 14.1. The molecule has 0 aromatic carbocycles. The Morgan fingerprint density at radius 2 is 1.95 bits per heavy atom. The first-order valence-corrected chi connectivity index (χ1v) is 7.92. The number of amides is 1. The lowest BCUT2D eigenvalue weighted by atomic mass is 10.1. The van der Waals surface area contributed by atoms with Gasteiger partial charge in [0.1, 0.15) is 0 Å². The first-order chi connectivity index (χ1) is 9.15. The first-order valence-electron chi connectivity index (χ1n) is 7.92. The number of hydrogen-bond acceptors (Lipinski definition) is 3. The van der Waals surface area contributed by atoms with Crippen molar-refractivity contribution in [3.05, 3.63) is 0 Å². The van der Waals surface area contributed by atoms with Gasteiger partial charge in [0.2, 0.25) is 5.91 Å². The molecule has 110 valence electrons. The van der Waals surface area contributed by atoms with E-state index in [9.17, 15) is 4.79 Å². The Morgan fingerprint density at radius 1 is 1.16 bits per heavy atom. The molecule has 2 N–H and O–H groups in total. The number of nitrogens with one attached hydrogen (secondary N) is 2. The van der Waals surface area contributed by atoms with E-state index in [1.807, 2.05) is 0 Å². The number of carbonyl (C=O) groups excluding carboxylic acids is 1. The van der Waals surface area contributed by atoms with Crippen LogP contribution in [0.4, 0.5) is 0 Å². The molecular formula is C15H29N3O. The fourth-order valence-electron chi connectivity index (χ4n) is 2.76. The van der Waals surface area contributed by atoms with Crippen LogP contribution in [0.5, 0.6) is 0 Å². The summed E-state index contributed by atoms with van der Waals surface area (Å²) < 4.78 is 0. The molecule has 0 aromatic rings. The van der Waals surface area contributed by atoms with E-state index in [0.717, 1.165) is 6.54 Å². The number of rotatable bonds is 6. The van der Waals surface area contributed by atoms with Crippen LogP contribution >= 0.6 is 0 Å². The minimum Gasteiger partial charge on any atom is -0.353 e. The van der Waals surface area contributed by atoms with Gasteiger partial charge in [-0.3, -0.25) is 4.79 Å². The lowest BCUT2D eigenvalue weighted by molar-refractivity contribution is -0.121. The van der Waals surface area contributed by atoms with Crippen molar-refractivity contribution >= 4 is 5.91 Å². The summed E-state index contributed by atoms with van der Waals surface area (Å²) in [5.41, 5.74) is 0. The standard InChI is InChI=1S/C15H29N3O/c1-12(2)18-10-3-4-13(8-11-18)16-9-7-15(19)17-14-5-6-14/h12-14,16H,3-11H2,1-2H3,(H,17,19). The molecule has 2 rings (SSSR count). The van der Waals surface area contributed by atoms with E-state index in [1.54, 1.807) is 0 Å². The van der Waals surface area contributed by atoms with Gasteiger partial charge in [-0.15, -0.1) is 0 Å². The van der Waals surface area contributed by atoms with E-state index in [4.69, 9.17) is 0 Å². The average molecular weight is 267 g/mol. The van der Waals surface area contributed by atoms with Gasteiger partial charge < -0.3 is 15.5 Å². The lowest BCUT2D eigenvalue weighted by Gasteiger charge is -2.24. The molecule has 0 spiro atoms. The molecule has 1 saturated heterocycles. The number of nitrogens with zero attached hydrogens (tertiary/aromatic N) is 1. The number of carbonyl (C=O) groups is 1. The Labute approximate surface area is 117 Å². The quantitative estimate of drug-likeness (QED) is 0.767. The fourth-order valence-corrected chi connectivity index (χ4v) is 2.76. The van der Waals surface area contributed by atoms with Crippen LogP contribution in [0, 0.1) is 0 Å². The normalized spacial score (nSPS) is 25.3. The maximum atomic E-state index is 11.6. The van der Waals surface area contributed by atoms with Crippen molar-refractivity contribution in [2.75, 3.05) is 19.6 Å². The highest BCUT2D eigenvalue weighted by Gasteiger charge is 2.23. The predicted octanol–water partition coefficient (Wildman–Crippen LogP) is 1.51. The van der Waals surface area contributed by atoms with Crippen molar-refractivity contribution in [2.45, 2.75) is 70.5 Å². The summed E-state index contributed by atoms with van der Waals surface area (Å²) in [6, 6.07) is 1.74. The maximum absolute atomic E-state index is 11.6. The number of likely N-dealkylation sites (tertiary alicyclic amines) is 1. The molecule has 1 aliphatic carbocycles. The van der Waals surface area contributed by atoms with Crippen LogP contribution in [0.15, 0.2) is 0 Å². The second kappa shape index (κ2) is 7.25. The third-order valence-electron chi connectivity index (χ3n) is 4.22. The molecule has 1 atom stereocenters. The number of hydrogen-bond donors (Lipinski definition) is 2. The lowest BCUT2D eigenvalue weighted by Crippen LogP contribution is -2.36. The molecule has 0 bridgehead atoms. The van der Waals surface area contributed by atoms with Gasteiger partial charge in [-0.25, -0.2) is 0 Å².